The average Bonchev–Trinajstić information content (AvgIpc) is 2.67. The molecule has 1 N–H and O–H groups in total. The van der Waals surface area contributed by atoms with Crippen LogP contribution in [0.2, 0.25) is 0 Å². The minimum atomic E-state index is -0.124. The Hall–Kier alpha value is -1.91. The van der Waals surface area contributed by atoms with Crippen LogP contribution in [-0.2, 0) is 9.59 Å². The quantitative estimate of drug-likeness (QED) is 0.914. The molecule has 2 amide bonds. The Morgan fingerprint density at radius 3 is 2.64 bits per heavy atom. The molecule has 0 spiro atoms. The van der Waals surface area contributed by atoms with Crippen molar-refractivity contribution < 1.29 is 9.59 Å². The van der Waals surface area contributed by atoms with Gasteiger partial charge in [-0.2, -0.15) is 0 Å². The van der Waals surface area contributed by atoms with Gasteiger partial charge >= 0.3 is 0 Å². The van der Waals surface area contributed by atoms with Crippen molar-refractivity contribution in [1.29, 1.82) is 0 Å². The standard InChI is InChI=1S/C20H29N3O2/c1-15(24)22-19(18-11-5-6-12-21-18)17-10-7-13-23(14-17)20(25)16-8-3-2-4-9-16/h5-6,11-12,16-17,19H,2-4,7-10,13-14H2,1H3,(H,22,24)/t17-,19+/m0/s1. The zero-order valence-corrected chi connectivity index (χ0v) is 15.1. The van der Waals surface area contributed by atoms with Gasteiger partial charge in [0.05, 0.1) is 11.7 Å². The summed E-state index contributed by atoms with van der Waals surface area (Å²) in [5, 5.41) is 3.07. The van der Waals surface area contributed by atoms with Crippen LogP contribution in [0.15, 0.2) is 24.4 Å². The van der Waals surface area contributed by atoms with E-state index in [2.05, 4.69) is 10.3 Å². The second kappa shape index (κ2) is 8.45. The number of pyridine rings is 1. The fourth-order valence-corrected chi connectivity index (χ4v) is 4.30. The van der Waals surface area contributed by atoms with Crippen molar-refractivity contribution in [2.24, 2.45) is 11.8 Å². The summed E-state index contributed by atoms with van der Waals surface area (Å²) < 4.78 is 0. The van der Waals surface area contributed by atoms with Crippen LogP contribution < -0.4 is 5.32 Å². The number of aromatic nitrogens is 1. The van der Waals surface area contributed by atoms with Gasteiger partial charge in [0.2, 0.25) is 11.8 Å². The summed E-state index contributed by atoms with van der Waals surface area (Å²) in [6, 6.07) is 5.67. The Balaban J connectivity index is 1.71. The second-order valence-electron chi connectivity index (χ2n) is 7.45. The Morgan fingerprint density at radius 2 is 1.96 bits per heavy atom. The highest BCUT2D eigenvalue weighted by Crippen LogP contribution is 2.32. The maximum absolute atomic E-state index is 12.9. The maximum Gasteiger partial charge on any atom is 0.225 e. The molecule has 136 valence electrons. The topological polar surface area (TPSA) is 62.3 Å². The number of carbonyl (C=O) groups is 2. The molecule has 25 heavy (non-hydrogen) atoms. The van der Waals surface area contributed by atoms with Crippen LogP contribution in [0.1, 0.15) is 63.6 Å². The van der Waals surface area contributed by atoms with Crippen LogP contribution in [0.5, 0.6) is 0 Å². The molecule has 2 heterocycles. The molecule has 1 aromatic rings. The van der Waals surface area contributed by atoms with Gasteiger partial charge in [0.1, 0.15) is 0 Å². The van der Waals surface area contributed by atoms with Crippen LogP contribution in [0.3, 0.4) is 0 Å². The number of hydrogen-bond acceptors (Lipinski definition) is 3. The zero-order valence-electron chi connectivity index (χ0n) is 15.1. The van der Waals surface area contributed by atoms with Crippen LogP contribution in [-0.4, -0.2) is 34.8 Å². The van der Waals surface area contributed by atoms with Gasteiger partial charge in [0.15, 0.2) is 0 Å². The van der Waals surface area contributed by atoms with E-state index in [1.165, 1.54) is 19.3 Å². The van der Waals surface area contributed by atoms with Crippen molar-refractivity contribution in [2.45, 2.75) is 57.9 Å². The molecule has 0 aromatic carbocycles. The first-order valence-corrected chi connectivity index (χ1v) is 9.62. The normalized spacial score (nSPS) is 23.1. The molecule has 1 aliphatic carbocycles. The van der Waals surface area contributed by atoms with E-state index in [4.69, 9.17) is 0 Å². The third-order valence-electron chi connectivity index (χ3n) is 5.56. The summed E-state index contributed by atoms with van der Waals surface area (Å²) in [5.74, 6) is 0.708. The number of amides is 2. The minimum absolute atomic E-state index is 0.0496. The highest BCUT2D eigenvalue weighted by Gasteiger charge is 2.34. The molecule has 1 saturated heterocycles. The number of nitrogens with zero attached hydrogens (tertiary/aromatic N) is 2. The molecule has 5 heteroatoms. The molecule has 2 atom stereocenters. The van der Waals surface area contributed by atoms with Crippen molar-refractivity contribution >= 4 is 11.8 Å². The van der Waals surface area contributed by atoms with Gasteiger partial charge in [-0.1, -0.05) is 25.3 Å². The molecular formula is C20H29N3O2. The smallest absolute Gasteiger partial charge is 0.225 e. The van der Waals surface area contributed by atoms with Crippen molar-refractivity contribution in [3.05, 3.63) is 30.1 Å². The van der Waals surface area contributed by atoms with E-state index in [-0.39, 0.29) is 23.8 Å². The zero-order chi connectivity index (χ0) is 17.6. The third-order valence-corrected chi connectivity index (χ3v) is 5.56. The highest BCUT2D eigenvalue weighted by atomic mass is 16.2. The summed E-state index contributed by atoms with van der Waals surface area (Å²) in [6.07, 6.45) is 9.45. The van der Waals surface area contributed by atoms with E-state index in [0.717, 1.165) is 44.5 Å². The molecule has 5 nitrogen and oxygen atoms in total. The van der Waals surface area contributed by atoms with Gasteiger partial charge in [-0.3, -0.25) is 14.6 Å². The molecule has 1 aromatic heterocycles. The van der Waals surface area contributed by atoms with Gasteiger partial charge < -0.3 is 10.2 Å². The predicted molar refractivity (Wildman–Crippen MR) is 96.7 cm³/mol. The largest absolute Gasteiger partial charge is 0.348 e. The van der Waals surface area contributed by atoms with E-state index in [1.807, 2.05) is 23.1 Å². The molecular weight excluding hydrogens is 314 g/mol. The molecule has 0 bridgehead atoms. The Labute approximate surface area is 150 Å². The van der Waals surface area contributed by atoms with Gasteiger partial charge in [-0.25, -0.2) is 0 Å². The van der Waals surface area contributed by atoms with Gasteiger partial charge in [0, 0.05) is 38.0 Å². The van der Waals surface area contributed by atoms with Crippen molar-refractivity contribution in [3.8, 4) is 0 Å². The second-order valence-corrected chi connectivity index (χ2v) is 7.45. The molecule has 0 radical (unpaired) electrons. The van der Waals surface area contributed by atoms with Crippen LogP contribution in [0.4, 0.5) is 0 Å². The number of rotatable bonds is 4. The van der Waals surface area contributed by atoms with Crippen molar-refractivity contribution in [1.82, 2.24) is 15.2 Å². The fraction of sp³-hybridized carbons (Fsp3) is 0.650. The summed E-state index contributed by atoms with van der Waals surface area (Å²) in [7, 11) is 0. The predicted octanol–water partition coefficient (Wildman–Crippen LogP) is 3.08. The minimum Gasteiger partial charge on any atom is -0.348 e. The molecule has 2 fully saturated rings. The van der Waals surface area contributed by atoms with Crippen LogP contribution in [0, 0.1) is 11.8 Å². The number of nitrogens with one attached hydrogen (secondary N) is 1. The first-order valence-electron chi connectivity index (χ1n) is 9.62. The number of carbonyl (C=O) groups excluding carboxylic acids is 2. The first kappa shape index (κ1) is 17.9. The Bertz CT molecular complexity index is 584. The summed E-state index contributed by atoms with van der Waals surface area (Å²) in [4.78, 5) is 31.1. The van der Waals surface area contributed by atoms with Gasteiger partial charge in [0.25, 0.3) is 0 Å². The summed E-state index contributed by atoms with van der Waals surface area (Å²) in [5.41, 5.74) is 0.884. The lowest BCUT2D eigenvalue weighted by Crippen LogP contribution is -2.47. The highest BCUT2D eigenvalue weighted by molar-refractivity contribution is 5.79. The first-order chi connectivity index (χ1) is 12.1. The summed E-state index contributed by atoms with van der Waals surface area (Å²) >= 11 is 0. The van der Waals surface area contributed by atoms with Crippen LogP contribution in [0.25, 0.3) is 0 Å². The fourth-order valence-electron chi connectivity index (χ4n) is 4.30. The lowest BCUT2D eigenvalue weighted by Gasteiger charge is -2.39. The third kappa shape index (κ3) is 4.59. The van der Waals surface area contributed by atoms with E-state index < -0.39 is 0 Å². The molecule has 3 rings (SSSR count). The Morgan fingerprint density at radius 1 is 1.16 bits per heavy atom. The molecule has 2 aliphatic rings. The van der Waals surface area contributed by atoms with Gasteiger partial charge in [-0.05, 0) is 37.8 Å². The lowest BCUT2D eigenvalue weighted by molar-refractivity contribution is -0.138. The lowest BCUT2D eigenvalue weighted by atomic mass is 9.85. The maximum atomic E-state index is 12.9. The van der Waals surface area contributed by atoms with Gasteiger partial charge in [-0.15, -0.1) is 0 Å². The Kier molecular flexibility index (Phi) is 6.05. The average molecular weight is 343 g/mol. The van der Waals surface area contributed by atoms with E-state index in [0.29, 0.717) is 5.91 Å². The summed E-state index contributed by atoms with van der Waals surface area (Å²) in [6.45, 7) is 3.11. The van der Waals surface area contributed by atoms with Crippen molar-refractivity contribution in [3.63, 3.8) is 0 Å². The molecule has 1 saturated carbocycles. The van der Waals surface area contributed by atoms with E-state index in [9.17, 15) is 9.59 Å². The molecule has 1 aliphatic heterocycles. The van der Waals surface area contributed by atoms with E-state index in [1.54, 1.807) is 13.1 Å². The SMILES string of the molecule is CC(=O)N[C@@H](c1ccccn1)[C@H]1CCCN(C(=O)C2CCCCC2)C1. The van der Waals surface area contributed by atoms with Crippen LogP contribution >= 0.6 is 0 Å². The number of likely N-dealkylation sites (tertiary alicyclic amines) is 1. The number of hydrogen-bond donors (Lipinski definition) is 1. The number of piperidine rings is 1. The van der Waals surface area contributed by atoms with E-state index >= 15 is 0 Å². The van der Waals surface area contributed by atoms with Crippen molar-refractivity contribution in [2.75, 3.05) is 13.1 Å². The monoisotopic (exact) mass is 343 g/mol. The molecule has 0 unspecified atom stereocenters.